The largest absolute Gasteiger partial charge is 0.393 e. The second-order valence-corrected chi connectivity index (χ2v) is 9.82. The number of carbonyl (C=O) groups is 1. The Hall–Kier alpha value is -1.15. The predicted octanol–water partition coefficient (Wildman–Crippen LogP) is 5.24. The number of aldehydes is 1. The first-order valence-corrected chi connectivity index (χ1v) is 10.6. The molecule has 2 nitrogen and oxygen atoms in total. The molecule has 0 amide bonds. The van der Waals surface area contributed by atoms with Gasteiger partial charge >= 0.3 is 0 Å². The second-order valence-electron chi connectivity index (χ2n) is 9.82. The van der Waals surface area contributed by atoms with E-state index in [4.69, 9.17) is 0 Å². The summed E-state index contributed by atoms with van der Waals surface area (Å²) in [5.41, 5.74) is 3.84. The van der Waals surface area contributed by atoms with E-state index in [9.17, 15) is 9.90 Å². The standard InChI is InChI=1S/C24H34O2/c1-16(5-4-14-25)20-8-9-21-19-7-6-17-15-18(26)10-12-23(17,2)22(19)11-13-24(20,21)3/h4-5,8,11,14,16-19,21,26H,6-7,9-10,12-13,15H2,1-3H3/b5-4+/t16-,17-,18-,19+,21+,23+,24-/m1/s1. The average Bonchev–Trinajstić information content (AvgIpc) is 2.97. The van der Waals surface area contributed by atoms with Crippen molar-refractivity contribution in [3.8, 4) is 0 Å². The van der Waals surface area contributed by atoms with Crippen molar-refractivity contribution in [3.63, 3.8) is 0 Å². The van der Waals surface area contributed by atoms with Crippen LogP contribution in [0.1, 0.15) is 65.7 Å². The third-order valence-electron chi connectivity index (χ3n) is 8.61. The third kappa shape index (κ3) is 2.59. The highest BCUT2D eigenvalue weighted by Crippen LogP contribution is 2.64. The van der Waals surface area contributed by atoms with Gasteiger partial charge in [-0.1, -0.05) is 50.1 Å². The Morgan fingerprint density at radius 3 is 2.77 bits per heavy atom. The van der Waals surface area contributed by atoms with Crippen molar-refractivity contribution in [1.82, 2.24) is 0 Å². The average molecular weight is 355 g/mol. The predicted molar refractivity (Wildman–Crippen MR) is 106 cm³/mol. The molecule has 0 radical (unpaired) electrons. The minimum atomic E-state index is -0.0794. The molecule has 0 aliphatic heterocycles. The number of fused-ring (bicyclic) bond motifs is 5. The molecular weight excluding hydrogens is 320 g/mol. The van der Waals surface area contributed by atoms with Crippen molar-refractivity contribution < 1.29 is 9.90 Å². The molecule has 2 heteroatoms. The molecule has 4 aliphatic carbocycles. The Morgan fingerprint density at radius 1 is 1.19 bits per heavy atom. The summed E-state index contributed by atoms with van der Waals surface area (Å²) in [5.74, 6) is 2.44. The van der Waals surface area contributed by atoms with E-state index in [0.29, 0.717) is 29.1 Å². The zero-order valence-corrected chi connectivity index (χ0v) is 16.6. The molecular formula is C24H34O2. The van der Waals surface area contributed by atoms with Gasteiger partial charge in [-0.25, -0.2) is 0 Å². The van der Waals surface area contributed by atoms with Crippen molar-refractivity contribution >= 4 is 6.29 Å². The maximum atomic E-state index is 10.7. The maximum Gasteiger partial charge on any atom is 0.142 e. The first kappa shape index (κ1) is 18.2. The number of allylic oxidation sites excluding steroid dienone is 6. The molecule has 0 saturated heterocycles. The molecule has 0 spiro atoms. The van der Waals surface area contributed by atoms with Crippen molar-refractivity contribution in [3.05, 3.63) is 35.5 Å². The van der Waals surface area contributed by atoms with E-state index in [1.54, 1.807) is 17.2 Å². The van der Waals surface area contributed by atoms with Gasteiger partial charge in [0, 0.05) is 0 Å². The number of aliphatic hydroxyl groups excluding tert-OH is 1. The summed E-state index contributed by atoms with van der Waals surface area (Å²) in [4.78, 5) is 10.7. The smallest absolute Gasteiger partial charge is 0.142 e. The Balaban J connectivity index is 1.63. The van der Waals surface area contributed by atoms with E-state index in [1.807, 2.05) is 0 Å². The summed E-state index contributed by atoms with van der Waals surface area (Å²) in [6, 6.07) is 0. The molecule has 2 saturated carbocycles. The maximum absolute atomic E-state index is 10.7. The Kier molecular flexibility index (Phi) is 4.54. The number of rotatable bonds is 3. The first-order chi connectivity index (χ1) is 12.4. The normalized spacial score (nSPS) is 46.0. The Labute approximate surface area is 158 Å². The summed E-state index contributed by atoms with van der Waals surface area (Å²) in [6.45, 7) is 7.19. The summed E-state index contributed by atoms with van der Waals surface area (Å²) >= 11 is 0. The second kappa shape index (κ2) is 6.48. The molecule has 4 rings (SSSR count). The van der Waals surface area contributed by atoms with E-state index in [2.05, 4.69) is 39.0 Å². The van der Waals surface area contributed by atoms with Gasteiger partial charge in [0.2, 0.25) is 0 Å². The molecule has 2 fully saturated rings. The van der Waals surface area contributed by atoms with Crippen LogP contribution in [0.4, 0.5) is 0 Å². The zero-order valence-electron chi connectivity index (χ0n) is 16.6. The van der Waals surface area contributed by atoms with Crippen LogP contribution >= 0.6 is 0 Å². The molecule has 0 unspecified atom stereocenters. The van der Waals surface area contributed by atoms with Gasteiger partial charge in [0.05, 0.1) is 6.10 Å². The van der Waals surface area contributed by atoms with Gasteiger partial charge in [0.25, 0.3) is 0 Å². The van der Waals surface area contributed by atoms with Crippen molar-refractivity contribution in [1.29, 1.82) is 0 Å². The van der Waals surface area contributed by atoms with E-state index >= 15 is 0 Å². The Morgan fingerprint density at radius 2 is 2.00 bits per heavy atom. The minimum Gasteiger partial charge on any atom is -0.393 e. The van der Waals surface area contributed by atoms with Crippen LogP contribution in [-0.4, -0.2) is 17.5 Å². The van der Waals surface area contributed by atoms with Gasteiger partial charge in [0.1, 0.15) is 6.29 Å². The molecule has 26 heavy (non-hydrogen) atoms. The quantitative estimate of drug-likeness (QED) is 0.428. The van der Waals surface area contributed by atoms with Crippen LogP contribution in [0.2, 0.25) is 0 Å². The molecule has 142 valence electrons. The van der Waals surface area contributed by atoms with E-state index in [1.165, 1.54) is 19.3 Å². The Bertz CT molecular complexity index is 672. The fourth-order valence-electron chi connectivity index (χ4n) is 7.14. The molecule has 4 aliphatic rings. The number of hydrogen-bond acceptors (Lipinski definition) is 2. The number of hydrogen-bond donors (Lipinski definition) is 1. The monoisotopic (exact) mass is 354 g/mol. The summed E-state index contributed by atoms with van der Waals surface area (Å²) in [5, 5.41) is 10.2. The van der Waals surface area contributed by atoms with E-state index < -0.39 is 0 Å². The third-order valence-corrected chi connectivity index (χ3v) is 8.61. The van der Waals surface area contributed by atoms with Crippen LogP contribution in [0, 0.1) is 34.5 Å². The SMILES string of the molecule is C[C@H](/C=C/C=O)C1=CC[C@H]2[C@@H]3CC[C@@H]4C[C@H](O)CC[C@]4(C)C3=CC[C@]12C. The highest BCUT2D eigenvalue weighted by atomic mass is 16.3. The van der Waals surface area contributed by atoms with Gasteiger partial charge < -0.3 is 5.11 Å². The lowest BCUT2D eigenvalue weighted by Gasteiger charge is -2.56. The molecule has 0 aromatic rings. The van der Waals surface area contributed by atoms with Crippen LogP contribution < -0.4 is 0 Å². The first-order valence-electron chi connectivity index (χ1n) is 10.6. The lowest BCUT2D eigenvalue weighted by Crippen LogP contribution is -2.48. The lowest BCUT2D eigenvalue weighted by molar-refractivity contribution is -0.104. The minimum absolute atomic E-state index is 0.0794. The van der Waals surface area contributed by atoms with Crippen molar-refractivity contribution in [2.75, 3.05) is 0 Å². The summed E-state index contributed by atoms with van der Waals surface area (Å²) < 4.78 is 0. The van der Waals surface area contributed by atoms with Gasteiger partial charge in [-0.05, 0) is 85.5 Å². The van der Waals surface area contributed by atoms with Crippen LogP contribution in [0.25, 0.3) is 0 Å². The van der Waals surface area contributed by atoms with Gasteiger partial charge in [-0.15, -0.1) is 0 Å². The van der Waals surface area contributed by atoms with Crippen LogP contribution in [0.5, 0.6) is 0 Å². The summed E-state index contributed by atoms with van der Waals surface area (Å²) in [7, 11) is 0. The number of aliphatic hydroxyl groups is 1. The highest BCUT2D eigenvalue weighted by Gasteiger charge is 2.55. The number of carbonyl (C=O) groups excluding carboxylic acids is 1. The molecule has 0 aromatic heterocycles. The molecule has 0 aromatic carbocycles. The highest BCUT2D eigenvalue weighted by molar-refractivity contribution is 5.64. The fourth-order valence-corrected chi connectivity index (χ4v) is 7.14. The molecule has 1 N–H and O–H groups in total. The van der Waals surface area contributed by atoms with Gasteiger partial charge in [-0.3, -0.25) is 4.79 Å². The van der Waals surface area contributed by atoms with E-state index in [-0.39, 0.29) is 11.5 Å². The van der Waals surface area contributed by atoms with E-state index in [0.717, 1.165) is 32.0 Å². The van der Waals surface area contributed by atoms with Gasteiger partial charge in [-0.2, -0.15) is 0 Å². The van der Waals surface area contributed by atoms with Gasteiger partial charge in [0.15, 0.2) is 0 Å². The van der Waals surface area contributed by atoms with Crippen molar-refractivity contribution in [2.45, 2.75) is 71.8 Å². The molecule has 7 atom stereocenters. The van der Waals surface area contributed by atoms with Crippen LogP contribution in [-0.2, 0) is 4.79 Å². The summed E-state index contributed by atoms with van der Waals surface area (Å²) in [6.07, 6.45) is 17.6. The van der Waals surface area contributed by atoms with Crippen LogP contribution in [0.3, 0.4) is 0 Å². The van der Waals surface area contributed by atoms with Crippen LogP contribution in [0.15, 0.2) is 35.5 Å². The zero-order chi connectivity index (χ0) is 18.5. The lowest BCUT2D eigenvalue weighted by atomic mass is 9.48. The molecule has 0 bridgehead atoms. The fraction of sp³-hybridized carbons (Fsp3) is 0.708. The molecule has 0 heterocycles. The topological polar surface area (TPSA) is 37.3 Å². The van der Waals surface area contributed by atoms with Crippen molar-refractivity contribution in [2.24, 2.45) is 34.5 Å².